The first-order valence-corrected chi connectivity index (χ1v) is 11.5. The molecule has 3 aliphatic heterocycles. The zero-order chi connectivity index (χ0) is 24.2. The van der Waals surface area contributed by atoms with Crippen molar-refractivity contribution in [2.24, 2.45) is 0 Å². The summed E-state index contributed by atoms with van der Waals surface area (Å²) in [6.45, 7) is 2.08. The quantitative estimate of drug-likeness (QED) is 0.477. The first-order valence-electron chi connectivity index (χ1n) is 11.5. The molecule has 2 unspecified atom stereocenters. The summed E-state index contributed by atoms with van der Waals surface area (Å²) in [6, 6.07) is 2.78. The van der Waals surface area contributed by atoms with Crippen LogP contribution in [-0.2, 0) is 23.9 Å². The van der Waals surface area contributed by atoms with Gasteiger partial charge in [-0.15, -0.1) is 0 Å². The minimum atomic E-state index is -0.893. The van der Waals surface area contributed by atoms with E-state index in [-0.39, 0.29) is 36.3 Å². The third-order valence-corrected chi connectivity index (χ3v) is 6.32. The molecule has 2 fully saturated rings. The van der Waals surface area contributed by atoms with Gasteiger partial charge in [0.15, 0.2) is 0 Å². The van der Waals surface area contributed by atoms with E-state index in [1.807, 2.05) is 12.2 Å². The zero-order valence-electron chi connectivity index (χ0n) is 18.9. The largest absolute Gasteiger partial charge is 0.433 e. The van der Waals surface area contributed by atoms with Crippen molar-refractivity contribution in [1.29, 1.82) is 0 Å². The topological polar surface area (TPSA) is 114 Å². The second-order valence-corrected chi connectivity index (χ2v) is 8.60. The summed E-state index contributed by atoms with van der Waals surface area (Å²) in [7, 11) is 0. The number of benzene rings is 1. The van der Waals surface area contributed by atoms with Gasteiger partial charge in [-0.25, -0.2) is 4.39 Å². The number of carbonyl (C=O) groups is 4. The van der Waals surface area contributed by atoms with E-state index in [4.69, 9.17) is 9.47 Å². The van der Waals surface area contributed by atoms with E-state index < -0.39 is 42.1 Å². The van der Waals surface area contributed by atoms with Crippen LogP contribution in [0.25, 0.3) is 0 Å². The standard InChI is InChI=1S/C24H28FN3O6/c1-2-33-24-18(13-20(29)34-24)27-22(31)19-11-10-16-8-3-4-9-17(23(32)28(16)19)26-21(30)14-6-5-7-15(25)12-14/h3-7,12,16-19,24H,2,8-11,13H2,1H3,(H,26,30)(H,27,31)/b4-3-/t16-,17+,18?,19+,24?/m1/s1. The number of ether oxygens (including phenoxy) is 2. The summed E-state index contributed by atoms with van der Waals surface area (Å²) in [5.41, 5.74) is 0.110. The van der Waals surface area contributed by atoms with Gasteiger partial charge in [0.05, 0.1) is 6.42 Å². The lowest BCUT2D eigenvalue weighted by atomic mass is 10.0. The molecule has 9 nitrogen and oxygen atoms in total. The Hall–Kier alpha value is -3.27. The Labute approximate surface area is 196 Å². The van der Waals surface area contributed by atoms with Gasteiger partial charge in [0.2, 0.25) is 18.1 Å². The van der Waals surface area contributed by atoms with E-state index in [1.54, 1.807) is 11.8 Å². The van der Waals surface area contributed by atoms with Gasteiger partial charge in [0.25, 0.3) is 5.91 Å². The van der Waals surface area contributed by atoms with E-state index in [0.717, 1.165) is 6.07 Å². The molecule has 182 valence electrons. The Kier molecular flexibility index (Phi) is 7.26. The number of amides is 3. The molecule has 0 aliphatic carbocycles. The van der Waals surface area contributed by atoms with Crippen molar-refractivity contribution in [2.75, 3.05) is 6.61 Å². The Balaban J connectivity index is 1.48. The molecule has 3 amide bonds. The normalized spacial score (nSPS) is 29.6. The lowest BCUT2D eigenvalue weighted by Gasteiger charge is -2.34. The fourth-order valence-electron chi connectivity index (χ4n) is 4.71. The van der Waals surface area contributed by atoms with E-state index in [2.05, 4.69) is 10.6 Å². The summed E-state index contributed by atoms with van der Waals surface area (Å²) in [5, 5.41) is 5.50. The number of fused-ring (bicyclic) bond motifs is 1. The van der Waals surface area contributed by atoms with Crippen molar-refractivity contribution >= 4 is 23.7 Å². The molecule has 0 radical (unpaired) electrons. The number of carbonyl (C=O) groups excluding carboxylic acids is 4. The molecule has 2 saturated heterocycles. The zero-order valence-corrected chi connectivity index (χ0v) is 18.9. The van der Waals surface area contributed by atoms with Gasteiger partial charge in [-0.1, -0.05) is 18.2 Å². The molecule has 2 N–H and O–H groups in total. The van der Waals surface area contributed by atoms with Crippen LogP contribution in [0.5, 0.6) is 0 Å². The first kappa shape index (κ1) is 23.9. The molecule has 5 atom stereocenters. The van der Waals surface area contributed by atoms with Crippen LogP contribution in [0.4, 0.5) is 4.39 Å². The maximum atomic E-state index is 13.5. The number of rotatable bonds is 6. The number of hydrogen-bond acceptors (Lipinski definition) is 6. The molecular weight excluding hydrogens is 445 g/mol. The summed E-state index contributed by atoms with van der Waals surface area (Å²) in [5.74, 6) is -2.32. The molecule has 34 heavy (non-hydrogen) atoms. The maximum Gasteiger partial charge on any atom is 0.310 e. The molecule has 0 bridgehead atoms. The minimum absolute atomic E-state index is 0.00441. The van der Waals surface area contributed by atoms with Gasteiger partial charge in [0, 0.05) is 18.2 Å². The van der Waals surface area contributed by atoms with Gasteiger partial charge in [0.1, 0.15) is 23.9 Å². The van der Waals surface area contributed by atoms with Crippen molar-refractivity contribution in [2.45, 2.75) is 69.5 Å². The smallest absolute Gasteiger partial charge is 0.310 e. The van der Waals surface area contributed by atoms with Gasteiger partial charge >= 0.3 is 5.97 Å². The minimum Gasteiger partial charge on any atom is -0.433 e. The van der Waals surface area contributed by atoms with E-state index >= 15 is 0 Å². The third-order valence-electron chi connectivity index (χ3n) is 6.32. The van der Waals surface area contributed by atoms with Crippen molar-refractivity contribution in [3.63, 3.8) is 0 Å². The second kappa shape index (κ2) is 10.3. The molecule has 0 spiro atoms. The predicted molar refractivity (Wildman–Crippen MR) is 118 cm³/mol. The van der Waals surface area contributed by atoms with Crippen LogP contribution in [0.3, 0.4) is 0 Å². The highest BCUT2D eigenvalue weighted by Gasteiger charge is 2.45. The van der Waals surface area contributed by atoms with Crippen LogP contribution in [0.15, 0.2) is 36.4 Å². The van der Waals surface area contributed by atoms with Gasteiger partial charge in [-0.3, -0.25) is 19.2 Å². The Morgan fingerprint density at radius 3 is 2.74 bits per heavy atom. The monoisotopic (exact) mass is 473 g/mol. The lowest BCUT2D eigenvalue weighted by molar-refractivity contribution is -0.164. The highest BCUT2D eigenvalue weighted by atomic mass is 19.1. The van der Waals surface area contributed by atoms with Gasteiger partial charge in [-0.05, 0) is 50.8 Å². The van der Waals surface area contributed by atoms with Crippen molar-refractivity contribution < 1.29 is 33.0 Å². The molecule has 4 rings (SSSR count). The molecule has 1 aromatic carbocycles. The van der Waals surface area contributed by atoms with Gasteiger partial charge < -0.3 is 25.0 Å². The predicted octanol–water partition coefficient (Wildman–Crippen LogP) is 1.43. The highest BCUT2D eigenvalue weighted by molar-refractivity contribution is 5.98. The highest BCUT2D eigenvalue weighted by Crippen LogP contribution is 2.30. The number of nitrogens with one attached hydrogen (secondary N) is 2. The van der Waals surface area contributed by atoms with E-state index in [9.17, 15) is 23.6 Å². The van der Waals surface area contributed by atoms with Crippen molar-refractivity contribution in [1.82, 2.24) is 15.5 Å². The van der Waals surface area contributed by atoms with Crippen LogP contribution in [0, 0.1) is 5.82 Å². The maximum absolute atomic E-state index is 13.5. The SMILES string of the molecule is CCOC1OC(=O)CC1NC(=O)[C@@H]1CC[C@H]2C/C=C\C[C@H](NC(=O)c3cccc(F)c3)C(=O)N21. The van der Waals surface area contributed by atoms with Crippen LogP contribution in [0.2, 0.25) is 0 Å². The number of nitrogens with zero attached hydrogens (tertiary/aromatic N) is 1. The summed E-state index contributed by atoms with van der Waals surface area (Å²) >= 11 is 0. The average molecular weight is 474 g/mol. The fraction of sp³-hybridized carbons (Fsp3) is 0.500. The summed E-state index contributed by atoms with van der Waals surface area (Å²) in [6.07, 6.45) is 4.88. The average Bonchev–Trinajstić information content (AvgIpc) is 3.37. The van der Waals surface area contributed by atoms with Crippen LogP contribution in [0.1, 0.15) is 49.4 Å². The third kappa shape index (κ3) is 5.11. The Bertz CT molecular complexity index is 999. The summed E-state index contributed by atoms with van der Waals surface area (Å²) in [4.78, 5) is 52.6. The van der Waals surface area contributed by atoms with Crippen molar-refractivity contribution in [3.05, 3.63) is 47.8 Å². The number of hydrogen-bond donors (Lipinski definition) is 2. The number of cyclic esters (lactones) is 1. The van der Waals surface area contributed by atoms with Crippen LogP contribution in [-0.4, -0.2) is 65.7 Å². The van der Waals surface area contributed by atoms with Gasteiger partial charge in [-0.2, -0.15) is 0 Å². The van der Waals surface area contributed by atoms with Crippen LogP contribution < -0.4 is 10.6 Å². The van der Waals surface area contributed by atoms with Crippen molar-refractivity contribution in [3.8, 4) is 0 Å². The summed E-state index contributed by atoms with van der Waals surface area (Å²) < 4.78 is 24.1. The first-order chi connectivity index (χ1) is 16.4. The molecule has 3 aliphatic rings. The molecule has 1 aromatic rings. The number of halogens is 1. The Morgan fingerprint density at radius 1 is 1.18 bits per heavy atom. The second-order valence-electron chi connectivity index (χ2n) is 8.60. The molecule has 10 heteroatoms. The fourth-order valence-corrected chi connectivity index (χ4v) is 4.71. The van der Waals surface area contributed by atoms with Crippen LogP contribution >= 0.6 is 0 Å². The molecular formula is C24H28FN3O6. The molecule has 3 heterocycles. The van der Waals surface area contributed by atoms with E-state index in [1.165, 1.54) is 18.2 Å². The van der Waals surface area contributed by atoms with E-state index in [0.29, 0.717) is 25.9 Å². The molecule has 0 aromatic heterocycles. The molecule has 0 saturated carbocycles. The lowest BCUT2D eigenvalue weighted by Crippen LogP contribution is -2.57. The number of esters is 1. The Morgan fingerprint density at radius 2 is 1.97 bits per heavy atom.